The van der Waals surface area contributed by atoms with Gasteiger partial charge in [0.2, 0.25) is 0 Å². The van der Waals surface area contributed by atoms with Crippen molar-refractivity contribution in [2.24, 2.45) is 0 Å². The number of nitrogens with zero attached hydrogens (tertiary/aromatic N) is 2. The molecule has 1 N–H and O–H groups in total. The van der Waals surface area contributed by atoms with Crippen LogP contribution in [-0.2, 0) is 4.79 Å². The Kier molecular flexibility index (Phi) is 5.56. The number of anilines is 2. The average Bonchev–Trinajstić information content (AvgIpc) is 2.90. The molecule has 0 radical (unpaired) electrons. The van der Waals surface area contributed by atoms with Gasteiger partial charge in [-0.15, -0.1) is 0 Å². The van der Waals surface area contributed by atoms with E-state index in [-0.39, 0.29) is 17.8 Å². The number of thioether (sulfide) groups is 1. The van der Waals surface area contributed by atoms with Crippen molar-refractivity contribution in [2.75, 3.05) is 31.0 Å². The van der Waals surface area contributed by atoms with Crippen LogP contribution < -0.4 is 10.2 Å². The maximum absolute atomic E-state index is 12.6. The van der Waals surface area contributed by atoms with Gasteiger partial charge in [-0.25, -0.2) is 0 Å². The van der Waals surface area contributed by atoms with E-state index >= 15 is 0 Å². The predicted molar refractivity (Wildman–Crippen MR) is 113 cm³/mol. The summed E-state index contributed by atoms with van der Waals surface area (Å²) >= 11 is 0.976. The first-order valence-corrected chi connectivity index (χ1v) is 9.50. The van der Waals surface area contributed by atoms with Crippen molar-refractivity contribution < 1.29 is 9.59 Å². The van der Waals surface area contributed by atoms with Crippen molar-refractivity contribution in [3.05, 3.63) is 64.1 Å². The molecule has 0 atom stereocenters. The molecule has 1 aliphatic heterocycles. The van der Waals surface area contributed by atoms with Gasteiger partial charge in [0.05, 0.1) is 11.6 Å². The molecule has 1 aliphatic rings. The molecule has 6 heteroatoms. The van der Waals surface area contributed by atoms with Crippen molar-refractivity contribution in [3.8, 4) is 0 Å². The van der Waals surface area contributed by atoms with E-state index in [0.717, 1.165) is 34.3 Å². The van der Waals surface area contributed by atoms with Gasteiger partial charge in [-0.1, -0.05) is 18.2 Å². The van der Waals surface area contributed by atoms with E-state index in [1.54, 1.807) is 6.08 Å². The summed E-state index contributed by atoms with van der Waals surface area (Å²) in [6.07, 6.45) is 1.76. The third-order valence-electron chi connectivity index (χ3n) is 4.53. The second-order valence-electron chi connectivity index (χ2n) is 6.73. The summed E-state index contributed by atoms with van der Waals surface area (Å²) in [5.74, 6) is -0.266. The van der Waals surface area contributed by atoms with Crippen molar-refractivity contribution in [2.45, 2.75) is 13.8 Å². The fourth-order valence-electron chi connectivity index (χ4n) is 2.68. The fourth-order valence-corrected chi connectivity index (χ4v) is 3.52. The molecule has 0 unspecified atom stereocenters. The number of benzene rings is 2. The summed E-state index contributed by atoms with van der Waals surface area (Å²) in [4.78, 5) is 28.5. The van der Waals surface area contributed by atoms with Crippen molar-refractivity contribution >= 4 is 40.4 Å². The minimum absolute atomic E-state index is 0.157. The Labute approximate surface area is 164 Å². The molecule has 5 nitrogen and oxygen atoms in total. The highest BCUT2D eigenvalue weighted by Crippen LogP contribution is 2.32. The second-order valence-corrected chi connectivity index (χ2v) is 7.72. The highest BCUT2D eigenvalue weighted by molar-refractivity contribution is 8.18. The van der Waals surface area contributed by atoms with Crippen LogP contribution in [-0.4, -0.2) is 36.8 Å². The molecule has 3 rings (SSSR count). The van der Waals surface area contributed by atoms with Gasteiger partial charge in [0.15, 0.2) is 0 Å². The molecule has 0 bridgehead atoms. The van der Waals surface area contributed by atoms with Crippen LogP contribution in [0.25, 0.3) is 6.08 Å². The van der Waals surface area contributed by atoms with Crippen molar-refractivity contribution in [1.82, 2.24) is 4.90 Å². The number of carbonyl (C=O) groups is 2. The summed E-state index contributed by atoms with van der Waals surface area (Å²) < 4.78 is 0. The predicted octanol–water partition coefficient (Wildman–Crippen LogP) is 4.48. The summed E-state index contributed by atoms with van der Waals surface area (Å²) in [5, 5.41) is 2.90. The molecule has 0 aliphatic carbocycles. The van der Waals surface area contributed by atoms with Crippen molar-refractivity contribution in [1.29, 1.82) is 0 Å². The first kappa shape index (κ1) is 19.0. The molecule has 1 saturated heterocycles. The molecule has 0 aromatic heterocycles. The average molecular weight is 382 g/mol. The van der Waals surface area contributed by atoms with Crippen LogP contribution >= 0.6 is 11.8 Å². The lowest BCUT2D eigenvalue weighted by Gasteiger charge is -2.15. The molecule has 0 spiro atoms. The van der Waals surface area contributed by atoms with Crippen LogP contribution in [0, 0.1) is 13.8 Å². The van der Waals surface area contributed by atoms with Gasteiger partial charge >= 0.3 is 0 Å². The zero-order valence-electron chi connectivity index (χ0n) is 15.9. The minimum Gasteiger partial charge on any atom is -0.378 e. The van der Waals surface area contributed by atoms with Crippen molar-refractivity contribution in [3.63, 3.8) is 0 Å². The first-order valence-electron chi connectivity index (χ1n) is 8.69. The number of imide groups is 1. The van der Waals surface area contributed by atoms with Gasteiger partial charge in [0.25, 0.3) is 11.1 Å². The lowest BCUT2D eigenvalue weighted by Crippen LogP contribution is -2.33. The zero-order chi connectivity index (χ0) is 19.6. The Hall–Kier alpha value is -2.73. The molecular formula is C21H23N3O2S. The maximum atomic E-state index is 12.6. The molecular weight excluding hydrogens is 358 g/mol. The molecule has 2 amide bonds. The van der Waals surface area contributed by atoms with Gasteiger partial charge in [-0.2, -0.15) is 0 Å². The summed E-state index contributed by atoms with van der Waals surface area (Å²) in [6.45, 7) is 4.24. The van der Waals surface area contributed by atoms with Crippen LogP contribution in [0.4, 0.5) is 16.2 Å². The number of hydrogen-bond donors (Lipinski definition) is 1. The van der Waals surface area contributed by atoms with E-state index in [1.165, 1.54) is 10.5 Å². The SMILES string of the molecule is Cc1ccc(NCN2C(=O)SC(=Cc3ccc(N(C)C)cc3)C2=O)cc1C. The third-order valence-corrected chi connectivity index (χ3v) is 5.44. The summed E-state index contributed by atoms with van der Waals surface area (Å²) in [7, 11) is 3.95. The molecule has 27 heavy (non-hydrogen) atoms. The molecule has 1 fully saturated rings. The molecule has 140 valence electrons. The Balaban J connectivity index is 1.69. The van der Waals surface area contributed by atoms with E-state index in [9.17, 15) is 9.59 Å². The van der Waals surface area contributed by atoms with E-state index < -0.39 is 0 Å². The fraction of sp³-hybridized carbons (Fsp3) is 0.238. The quantitative estimate of drug-likeness (QED) is 0.774. The molecule has 1 heterocycles. The lowest BCUT2D eigenvalue weighted by atomic mass is 10.1. The molecule has 0 saturated carbocycles. The number of nitrogens with one attached hydrogen (secondary N) is 1. The van der Waals surface area contributed by atoms with E-state index in [1.807, 2.05) is 75.3 Å². The zero-order valence-corrected chi connectivity index (χ0v) is 16.8. The first-order chi connectivity index (χ1) is 12.8. The number of hydrogen-bond acceptors (Lipinski definition) is 5. The van der Waals surface area contributed by atoms with Crippen LogP contribution in [0.1, 0.15) is 16.7 Å². The number of carbonyl (C=O) groups excluding carboxylic acids is 2. The Morgan fingerprint density at radius 1 is 1.04 bits per heavy atom. The lowest BCUT2D eigenvalue weighted by molar-refractivity contribution is -0.122. The van der Waals surface area contributed by atoms with Gasteiger partial charge in [0.1, 0.15) is 0 Å². The number of rotatable bonds is 5. The number of aryl methyl sites for hydroxylation is 2. The van der Waals surface area contributed by atoms with E-state index in [2.05, 4.69) is 5.32 Å². The van der Waals surface area contributed by atoms with Gasteiger partial charge in [-0.05, 0) is 72.6 Å². The van der Waals surface area contributed by atoms with Crippen LogP contribution in [0.2, 0.25) is 0 Å². The molecule has 2 aromatic rings. The van der Waals surface area contributed by atoms with Gasteiger partial charge in [-0.3, -0.25) is 14.5 Å². The van der Waals surface area contributed by atoms with Gasteiger partial charge < -0.3 is 10.2 Å². The van der Waals surface area contributed by atoms with E-state index in [0.29, 0.717) is 4.91 Å². The third kappa shape index (κ3) is 4.34. The highest BCUT2D eigenvalue weighted by atomic mass is 32.2. The smallest absolute Gasteiger partial charge is 0.295 e. The normalized spacial score (nSPS) is 15.6. The standard InChI is InChI=1S/C21H23N3O2S/c1-14-5-8-17(11-15(14)2)22-13-24-20(25)19(27-21(24)26)12-16-6-9-18(10-7-16)23(3)4/h5-12,22H,13H2,1-4H3. The largest absolute Gasteiger partial charge is 0.378 e. The van der Waals surface area contributed by atoms with Crippen LogP contribution in [0.15, 0.2) is 47.4 Å². The highest BCUT2D eigenvalue weighted by Gasteiger charge is 2.34. The van der Waals surface area contributed by atoms with Crippen LogP contribution in [0.5, 0.6) is 0 Å². The summed E-state index contributed by atoms with van der Waals surface area (Å²) in [5.41, 5.74) is 5.23. The second kappa shape index (κ2) is 7.88. The maximum Gasteiger partial charge on any atom is 0.295 e. The topological polar surface area (TPSA) is 52.7 Å². The number of amides is 2. The monoisotopic (exact) mass is 381 g/mol. The Bertz CT molecular complexity index is 904. The van der Waals surface area contributed by atoms with Gasteiger partial charge in [0, 0.05) is 25.5 Å². The Morgan fingerprint density at radius 2 is 1.74 bits per heavy atom. The molecule has 2 aromatic carbocycles. The van der Waals surface area contributed by atoms with E-state index in [4.69, 9.17) is 0 Å². The Morgan fingerprint density at radius 3 is 2.37 bits per heavy atom. The minimum atomic E-state index is -0.266. The van der Waals surface area contributed by atoms with Crippen LogP contribution in [0.3, 0.4) is 0 Å². The summed E-state index contributed by atoms with van der Waals surface area (Å²) in [6, 6.07) is 13.8.